The van der Waals surface area contributed by atoms with Gasteiger partial charge < -0.3 is 9.64 Å². The van der Waals surface area contributed by atoms with Gasteiger partial charge in [0.05, 0.1) is 28.4 Å². The Morgan fingerprint density at radius 2 is 1.70 bits per heavy atom. The summed E-state index contributed by atoms with van der Waals surface area (Å²) in [4.78, 5) is 64.4. The summed E-state index contributed by atoms with van der Waals surface area (Å²) < 4.78 is 5.54. The van der Waals surface area contributed by atoms with E-state index in [1.807, 2.05) is 13.0 Å². The maximum Gasteiger partial charge on any atom is 0.316 e. The summed E-state index contributed by atoms with van der Waals surface area (Å²) >= 11 is 0. The molecule has 0 radical (unpaired) electrons. The minimum absolute atomic E-state index is 0.0418. The van der Waals surface area contributed by atoms with E-state index in [2.05, 4.69) is 0 Å². The van der Waals surface area contributed by atoms with Gasteiger partial charge in [-0.05, 0) is 62.6 Å². The topological polar surface area (TPSA) is 127 Å². The Labute approximate surface area is 212 Å². The van der Waals surface area contributed by atoms with Gasteiger partial charge >= 0.3 is 5.97 Å². The average Bonchev–Trinajstić information content (AvgIpc) is 3.37. The lowest BCUT2D eigenvalue weighted by molar-refractivity contribution is -0.384. The second kappa shape index (κ2) is 9.27. The van der Waals surface area contributed by atoms with Gasteiger partial charge in [-0.2, -0.15) is 0 Å². The summed E-state index contributed by atoms with van der Waals surface area (Å²) in [6.07, 6.45) is 3.11. The van der Waals surface area contributed by atoms with Crippen LogP contribution in [0.5, 0.6) is 5.75 Å². The molecule has 3 aliphatic rings. The zero-order valence-electron chi connectivity index (χ0n) is 20.4. The van der Waals surface area contributed by atoms with E-state index in [0.717, 1.165) is 5.57 Å². The number of nitro benzene ring substituents is 1. The lowest BCUT2D eigenvalue weighted by Crippen LogP contribution is -2.31. The summed E-state index contributed by atoms with van der Waals surface area (Å²) in [7, 11) is 0. The first-order chi connectivity index (χ1) is 17.6. The van der Waals surface area contributed by atoms with E-state index in [0.29, 0.717) is 29.8 Å². The van der Waals surface area contributed by atoms with Crippen molar-refractivity contribution in [3.8, 4) is 5.75 Å². The molecule has 10 nitrogen and oxygen atoms in total. The van der Waals surface area contributed by atoms with E-state index in [9.17, 15) is 29.3 Å². The lowest BCUT2D eigenvalue weighted by Gasteiger charge is -2.19. The molecular weight excluding hydrogens is 478 g/mol. The third-order valence-corrected chi connectivity index (χ3v) is 7.28. The Bertz CT molecular complexity index is 1360. The summed E-state index contributed by atoms with van der Waals surface area (Å²) in [5.74, 6) is -2.40. The van der Waals surface area contributed by atoms with Crippen LogP contribution in [0.4, 0.5) is 17.1 Å². The van der Waals surface area contributed by atoms with Crippen molar-refractivity contribution in [3.05, 3.63) is 69.8 Å². The van der Waals surface area contributed by atoms with Crippen molar-refractivity contribution in [2.75, 3.05) is 16.3 Å². The van der Waals surface area contributed by atoms with Crippen LogP contribution in [-0.2, 0) is 19.2 Å². The van der Waals surface area contributed by atoms with Gasteiger partial charge in [0, 0.05) is 30.8 Å². The molecule has 2 aromatic carbocycles. The van der Waals surface area contributed by atoms with Gasteiger partial charge in [-0.15, -0.1) is 0 Å². The molecule has 0 aromatic heterocycles. The van der Waals surface area contributed by atoms with Crippen molar-refractivity contribution in [1.29, 1.82) is 0 Å². The number of carbonyl (C=O) groups is 4. The molecule has 2 saturated heterocycles. The van der Waals surface area contributed by atoms with Crippen LogP contribution in [-0.4, -0.2) is 35.2 Å². The molecular formula is C27H25N3O7. The maximum atomic E-state index is 13.0. The number of allylic oxidation sites excluding steroid dienone is 2. The monoisotopic (exact) mass is 503 g/mol. The maximum absolute atomic E-state index is 13.0. The van der Waals surface area contributed by atoms with Gasteiger partial charge in [-0.3, -0.25) is 29.3 Å². The minimum Gasteiger partial charge on any atom is -0.426 e. The number of nitro groups is 1. The molecule has 0 saturated carbocycles. The number of ether oxygens (including phenoxy) is 1. The molecule has 2 aliphatic heterocycles. The standard InChI is InChI=1S/C27H25N3O7/c1-15-3-9-21-22(11-15)26(33)29(25(21)32)23-10-8-20(12-16(23)2)37-27(34)17-13-24(31)28(14-17)18-4-6-19(7-5-18)30(35)36/h3-8,10,12,17,21-22H,9,11,13-14H2,1-2H3/t17-,21+,22-/m1/s1. The molecule has 0 unspecified atom stereocenters. The molecule has 3 atom stereocenters. The molecule has 0 bridgehead atoms. The van der Waals surface area contributed by atoms with Gasteiger partial charge in [-0.25, -0.2) is 4.90 Å². The van der Waals surface area contributed by atoms with E-state index in [-0.39, 0.29) is 54.0 Å². The minimum atomic E-state index is -0.705. The molecule has 2 heterocycles. The number of non-ortho nitro benzene ring substituents is 1. The summed E-state index contributed by atoms with van der Waals surface area (Å²) in [5.41, 5.74) is 2.58. The third kappa shape index (κ3) is 4.39. The smallest absolute Gasteiger partial charge is 0.316 e. The van der Waals surface area contributed by atoms with Crippen LogP contribution in [0.2, 0.25) is 0 Å². The Morgan fingerprint density at radius 1 is 1.00 bits per heavy atom. The zero-order chi connectivity index (χ0) is 26.4. The number of amides is 3. The van der Waals surface area contributed by atoms with Crippen LogP contribution < -0.4 is 14.5 Å². The third-order valence-electron chi connectivity index (χ3n) is 7.28. The molecule has 3 amide bonds. The van der Waals surface area contributed by atoms with Crippen molar-refractivity contribution in [2.45, 2.75) is 33.1 Å². The largest absolute Gasteiger partial charge is 0.426 e. The highest BCUT2D eigenvalue weighted by Crippen LogP contribution is 2.41. The highest BCUT2D eigenvalue weighted by atomic mass is 16.6. The first-order valence-electron chi connectivity index (χ1n) is 12.0. The van der Waals surface area contributed by atoms with E-state index in [4.69, 9.17) is 4.74 Å². The molecule has 0 N–H and O–H groups in total. The zero-order valence-corrected chi connectivity index (χ0v) is 20.4. The molecule has 37 heavy (non-hydrogen) atoms. The second-order valence-corrected chi connectivity index (χ2v) is 9.76. The summed E-state index contributed by atoms with van der Waals surface area (Å²) in [5, 5.41) is 10.9. The van der Waals surface area contributed by atoms with Crippen molar-refractivity contribution in [2.24, 2.45) is 17.8 Å². The Hall–Kier alpha value is -4.34. The molecule has 190 valence electrons. The Balaban J connectivity index is 1.26. The fourth-order valence-corrected chi connectivity index (χ4v) is 5.29. The number of hydrogen-bond acceptors (Lipinski definition) is 7. The molecule has 1 aliphatic carbocycles. The van der Waals surface area contributed by atoms with E-state index >= 15 is 0 Å². The van der Waals surface area contributed by atoms with Gasteiger partial charge in [0.25, 0.3) is 5.69 Å². The fraction of sp³-hybridized carbons (Fsp3) is 0.333. The predicted octanol–water partition coefficient (Wildman–Crippen LogP) is 3.71. The van der Waals surface area contributed by atoms with Crippen LogP contribution in [0.3, 0.4) is 0 Å². The van der Waals surface area contributed by atoms with Crippen LogP contribution in [0.1, 0.15) is 31.7 Å². The van der Waals surface area contributed by atoms with E-state index in [1.165, 1.54) is 40.1 Å². The molecule has 0 spiro atoms. The van der Waals surface area contributed by atoms with Crippen molar-refractivity contribution >= 4 is 40.8 Å². The molecule has 10 heteroatoms. The molecule has 5 rings (SSSR count). The van der Waals surface area contributed by atoms with Gasteiger partial charge in [-0.1, -0.05) is 11.6 Å². The average molecular weight is 504 g/mol. The summed E-state index contributed by atoms with van der Waals surface area (Å²) in [6.45, 7) is 3.81. The number of nitrogens with zero attached hydrogens (tertiary/aromatic N) is 3. The highest BCUT2D eigenvalue weighted by Gasteiger charge is 2.49. The van der Waals surface area contributed by atoms with Crippen molar-refractivity contribution in [1.82, 2.24) is 0 Å². The van der Waals surface area contributed by atoms with Crippen LogP contribution >= 0.6 is 0 Å². The number of rotatable bonds is 5. The molecule has 2 fully saturated rings. The second-order valence-electron chi connectivity index (χ2n) is 9.76. The van der Waals surface area contributed by atoms with Gasteiger partial charge in [0.1, 0.15) is 5.75 Å². The number of fused-ring (bicyclic) bond motifs is 1. The van der Waals surface area contributed by atoms with E-state index in [1.54, 1.807) is 19.1 Å². The number of esters is 1. The lowest BCUT2D eigenvalue weighted by atomic mass is 9.82. The van der Waals surface area contributed by atoms with Crippen LogP contribution in [0.15, 0.2) is 54.1 Å². The first kappa shape index (κ1) is 24.4. The van der Waals surface area contributed by atoms with E-state index < -0.39 is 16.8 Å². The first-order valence-corrected chi connectivity index (χ1v) is 12.0. The number of anilines is 2. The SMILES string of the molecule is CC1=CC[C@@H]2C(=O)N(c3ccc(OC(=O)[C@@H]4CC(=O)N(c5ccc([N+](=O)[O-])cc5)C4)cc3C)C(=O)[C@@H]2C1. The number of aryl methyl sites for hydroxylation is 1. The number of carbonyl (C=O) groups excluding carboxylic acids is 4. The highest BCUT2D eigenvalue weighted by molar-refractivity contribution is 6.22. The van der Waals surface area contributed by atoms with Gasteiger partial charge in [0.15, 0.2) is 0 Å². The number of hydrogen-bond donors (Lipinski definition) is 0. The van der Waals surface area contributed by atoms with Crippen molar-refractivity contribution in [3.63, 3.8) is 0 Å². The van der Waals surface area contributed by atoms with Crippen LogP contribution in [0, 0.1) is 34.8 Å². The molecule has 2 aromatic rings. The number of benzene rings is 2. The normalized spacial score (nSPS) is 23.2. The number of imide groups is 1. The van der Waals surface area contributed by atoms with Gasteiger partial charge in [0.2, 0.25) is 17.7 Å². The quantitative estimate of drug-likeness (QED) is 0.152. The Kier molecular flexibility index (Phi) is 6.10. The fourth-order valence-electron chi connectivity index (χ4n) is 5.29. The van der Waals surface area contributed by atoms with Crippen molar-refractivity contribution < 1.29 is 28.8 Å². The predicted molar refractivity (Wildman–Crippen MR) is 133 cm³/mol. The van der Waals surface area contributed by atoms with Crippen LogP contribution in [0.25, 0.3) is 0 Å². The Morgan fingerprint density at radius 3 is 2.38 bits per heavy atom. The summed E-state index contributed by atoms with van der Waals surface area (Å²) in [6, 6.07) is 10.3.